The third kappa shape index (κ3) is 4.35. The molecule has 1 heterocycles. The summed E-state index contributed by atoms with van der Waals surface area (Å²) in [4.78, 5) is 22.7. The first kappa shape index (κ1) is 14.5. The number of rotatable bonds is 5. The van der Waals surface area contributed by atoms with Crippen LogP contribution in [0.25, 0.3) is 0 Å². The summed E-state index contributed by atoms with van der Waals surface area (Å²) in [5.41, 5.74) is 1.05. The molecular formula is C15H18O5. The number of carbonyl (C=O) groups is 2. The summed E-state index contributed by atoms with van der Waals surface area (Å²) < 4.78 is 15.4. The normalized spacial score (nSPS) is 22.1. The predicted molar refractivity (Wildman–Crippen MR) is 70.8 cm³/mol. The van der Waals surface area contributed by atoms with Crippen LogP contribution in [-0.2, 0) is 30.4 Å². The number of methoxy groups -OCH3 is 1. The smallest absolute Gasteiger partial charge is 0.309 e. The van der Waals surface area contributed by atoms with E-state index in [1.165, 1.54) is 7.11 Å². The Morgan fingerprint density at radius 3 is 2.80 bits per heavy atom. The van der Waals surface area contributed by atoms with Gasteiger partial charge in [-0.3, -0.25) is 9.59 Å². The molecule has 108 valence electrons. The van der Waals surface area contributed by atoms with Crippen LogP contribution in [0.1, 0.15) is 24.8 Å². The molecule has 5 nitrogen and oxygen atoms in total. The molecule has 0 N–H and O–H groups in total. The summed E-state index contributed by atoms with van der Waals surface area (Å²) in [6.45, 7) is 0.448. The highest BCUT2D eigenvalue weighted by Crippen LogP contribution is 2.21. The topological polar surface area (TPSA) is 61.8 Å². The molecule has 0 unspecified atom stereocenters. The van der Waals surface area contributed by atoms with Crippen molar-refractivity contribution in [3.05, 3.63) is 35.9 Å². The highest BCUT2D eigenvalue weighted by molar-refractivity contribution is 5.73. The maximum atomic E-state index is 11.5. The number of ether oxygens (including phenoxy) is 3. The van der Waals surface area contributed by atoms with Gasteiger partial charge in [-0.1, -0.05) is 30.3 Å². The second kappa shape index (κ2) is 7.05. The molecule has 5 heteroatoms. The maximum absolute atomic E-state index is 11.5. The van der Waals surface area contributed by atoms with Crippen LogP contribution in [0.15, 0.2) is 30.3 Å². The van der Waals surface area contributed by atoms with E-state index in [1.54, 1.807) is 0 Å². The first-order chi connectivity index (χ1) is 9.67. The molecule has 0 aliphatic carbocycles. The molecule has 1 aromatic rings. The standard InChI is InChI=1S/C15H18O5/c1-18-14(16)9-13-7-12(8-15(17)20-13)19-10-11-5-3-2-4-6-11/h2-6,12-13H,7-10H2,1H3/t12-,13+/m1/s1. The van der Waals surface area contributed by atoms with Crippen molar-refractivity contribution >= 4 is 11.9 Å². The lowest BCUT2D eigenvalue weighted by Gasteiger charge is -2.28. The molecule has 1 aliphatic heterocycles. The van der Waals surface area contributed by atoms with Crippen LogP contribution in [0.4, 0.5) is 0 Å². The number of carbonyl (C=O) groups excluding carboxylic acids is 2. The van der Waals surface area contributed by atoms with Crippen LogP contribution in [-0.4, -0.2) is 31.3 Å². The number of hydrogen-bond donors (Lipinski definition) is 0. The zero-order valence-electron chi connectivity index (χ0n) is 11.4. The van der Waals surface area contributed by atoms with Gasteiger partial charge in [0.25, 0.3) is 0 Å². The van der Waals surface area contributed by atoms with E-state index in [0.29, 0.717) is 13.0 Å². The van der Waals surface area contributed by atoms with Crippen molar-refractivity contribution < 1.29 is 23.8 Å². The van der Waals surface area contributed by atoms with E-state index < -0.39 is 6.10 Å². The molecule has 2 atom stereocenters. The van der Waals surface area contributed by atoms with Gasteiger partial charge < -0.3 is 14.2 Å². The van der Waals surface area contributed by atoms with Crippen LogP contribution in [0.5, 0.6) is 0 Å². The van der Waals surface area contributed by atoms with Gasteiger partial charge in [-0.2, -0.15) is 0 Å². The molecule has 20 heavy (non-hydrogen) atoms. The van der Waals surface area contributed by atoms with Crippen LogP contribution >= 0.6 is 0 Å². The minimum atomic E-state index is -0.454. The van der Waals surface area contributed by atoms with Crippen molar-refractivity contribution in [2.24, 2.45) is 0 Å². The van der Waals surface area contributed by atoms with Crippen LogP contribution in [0.3, 0.4) is 0 Å². The molecule has 0 amide bonds. The zero-order chi connectivity index (χ0) is 14.4. The van der Waals surface area contributed by atoms with Gasteiger partial charge in [-0.25, -0.2) is 0 Å². The van der Waals surface area contributed by atoms with Gasteiger partial charge in [0.2, 0.25) is 0 Å². The van der Waals surface area contributed by atoms with E-state index in [4.69, 9.17) is 9.47 Å². The van der Waals surface area contributed by atoms with Crippen molar-refractivity contribution in [2.75, 3.05) is 7.11 Å². The highest BCUT2D eigenvalue weighted by atomic mass is 16.6. The van der Waals surface area contributed by atoms with Gasteiger partial charge in [-0.05, 0) is 5.56 Å². The molecule has 0 aromatic heterocycles. The second-order valence-corrected chi connectivity index (χ2v) is 4.75. The average molecular weight is 278 g/mol. The molecule has 0 radical (unpaired) electrons. The number of esters is 2. The van der Waals surface area contributed by atoms with Crippen molar-refractivity contribution in [1.29, 1.82) is 0 Å². The van der Waals surface area contributed by atoms with Crippen molar-refractivity contribution in [3.8, 4) is 0 Å². The Bertz CT molecular complexity index is 457. The molecule has 1 fully saturated rings. The summed E-state index contributed by atoms with van der Waals surface area (Å²) >= 11 is 0. The number of cyclic esters (lactones) is 1. The lowest BCUT2D eigenvalue weighted by Crippen LogP contribution is -2.35. The Balaban J connectivity index is 1.85. The van der Waals surface area contributed by atoms with Gasteiger partial charge in [0, 0.05) is 6.42 Å². The van der Waals surface area contributed by atoms with Crippen LogP contribution in [0, 0.1) is 0 Å². The van der Waals surface area contributed by atoms with Crippen molar-refractivity contribution in [3.63, 3.8) is 0 Å². The lowest BCUT2D eigenvalue weighted by molar-refractivity contribution is -0.167. The van der Waals surface area contributed by atoms with Crippen molar-refractivity contribution in [1.82, 2.24) is 0 Å². The summed E-state index contributed by atoms with van der Waals surface area (Å²) in [6, 6.07) is 9.75. The first-order valence-corrected chi connectivity index (χ1v) is 6.59. The van der Waals surface area contributed by atoms with E-state index in [2.05, 4.69) is 4.74 Å². The fourth-order valence-electron chi connectivity index (χ4n) is 2.15. The maximum Gasteiger partial charge on any atom is 0.309 e. The van der Waals surface area contributed by atoms with Crippen LogP contribution in [0.2, 0.25) is 0 Å². The summed E-state index contributed by atoms with van der Waals surface area (Å²) in [5.74, 6) is -0.713. The Hall–Kier alpha value is -1.88. The fourth-order valence-corrected chi connectivity index (χ4v) is 2.15. The average Bonchev–Trinajstić information content (AvgIpc) is 2.45. The van der Waals surface area contributed by atoms with E-state index >= 15 is 0 Å². The SMILES string of the molecule is COC(=O)C[C@@H]1C[C@@H](OCc2ccccc2)CC(=O)O1. The summed E-state index contributed by atoms with van der Waals surface area (Å²) in [7, 11) is 1.32. The Morgan fingerprint density at radius 1 is 1.35 bits per heavy atom. The minimum absolute atomic E-state index is 0.0768. The van der Waals surface area contributed by atoms with E-state index in [9.17, 15) is 9.59 Å². The molecule has 0 saturated carbocycles. The van der Waals surface area contributed by atoms with Gasteiger partial charge in [0.1, 0.15) is 6.10 Å². The van der Waals surface area contributed by atoms with Gasteiger partial charge in [0.15, 0.2) is 0 Å². The van der Waals surface area contributed by atoms with Crippen molar-refractivity contribution in [2.45, 2.75) is 38.1 Å². The molecule has 1 aromatic carbocycles. The quantitative estimate of drug-likeness (QED) is 0.769. The largest absolute Gasteiger partial charge is 0.469 e. The minimum Gasteiger partial charge on any atom is -0.469 e. The Morgan fingerprint density at radius 2 is 2.10 bits per heavy atom. The monoisotopic (exact) mass is 278 g/mol. The van der Waals surface area contributed by atoms with Crippen LogP contribution < -0.4 is 0 Å². The highest BCUT2D eigenvalue weighted by Gasteiger charge is 2.30. The van der Waals surface area contributed by atoms with Gasteiger partial charge in [0.05, 0.1) is 32.7 Å². The predicted octanol–water partition coefficient (Wildman–Crippen LogP) is 1.84. The Labute approximate surface area is 117 Å². The lowest BCUT2D eigenvalue weighted by atomic mass is 10.0. The molecule has 0 spiro atoms. The molecular weight excluding hydrogens is 260 g/mol. The molecule has 2 rings (SSSR count). The third-order valence-electron chi connectivity index (χ3n) is 3.17. The number of hydrogen-bond acceptors (Lipinski definition) is 5. The van der Waals surface area contributed by atoms with Gasteiger partial charge in [-0.15, -0.1) is 0 Å². The third-order valence-corrected chi connectivity index (χ3v) is 3.17. The first-order valence-electron chi connectivity index (χ1n) is 6.59. The fraction of sp³-hybridized carbons (Fsp3) is 0.467. The second-order valence-electron chi connectivity index (χ2n) is 4.75. The van der Waals surface area contributed by atoms with Gasteiger partial charge >= 0.3 is 11.9 Å². The summed E-state index contributed by atoms with van der Waals surface area (Å²) in [5, 5.41) is 0. The Kier molecular flexibility index (Phi) is 5.12. The molecule has 1 aliphatic rings. The zero-order valence-corrected chi connectivity index (χ0v) is 11.4. The molecule has 0 bridgehead atoms. The molecule has 1 saturated heterocycles. The number of benzene rings is 1. The van der Waals surface area contributed by atoms with E-state index in [1.807, 2.05) is 30.3 Å². The van der Waals surface area contributed by atoms with E-state index in [-0.39, 0.29) is 30.9 Å². The van der Waals surface area contributed by atoms with E-state index in [0.717, 1.165) is 5.56 Å². The summed E-state index contributed by atoms with van der Waals surface area (Å²) in [6.07, 6.45) is 0.154.